The van der Waals surface area contributed by atoms with Crippen molar-refractivity contribution < 1.29 is 23.9 Å². The molecule has 5 fully saturated rings. The molecule has 2 amide bonds. The van der Waals surface area contributed by atoms with Crippen LogP contribution in [0, 0.1) is 5.92 Å². The standard InChI is InChI=1S/C30H42N4O5/c1-2-38-25-17-34(27-24(35)18-39-28(25)27)30(37)26(19-6-4-3-5-7-19)23-16-21(10-11-22(23)29(31)36)33-14-12-32(13-15-33)20-8-9-20/h10-11,16,19-20,25-28H,2-9,12-15,17-18H2,1H3,(H2,31,36)/t25-,26-,27+,28+/m0/s1. The number of carbonyl (C=O) groups is 3. The summed E-state index contributed by atoms with van der Waals surface area (Å²) in [5.74, 6) is -1.13. The normalized spacial score (nSPS) is 29.1. The highest BCUT2D eigenvalue weighted by molar-refractivity contribution is 5.99. The second kappa shape index (κ2) is 11.2. The summed E-state index contributed by atoms with van der Waals surface area (Å²) in [6.07, 6.45) is 6.94. The number of likely N-dealkylation sites (tertiary alicyclic amines) is 1. The van der Waals surface area contributed by atoms with Crippen LogP contribution in [0.4, 0.5) is 5.69 Å². The maximum absolute atomic E-state index is 14.6. The fraction of sp³-hybridized carbons (Fsp3) is 0.700. The van der Waals surface area contributed by atoms with Crippen molar-refractivity contribution in [2.75, 3.05) is 50.8 Å². The Morgan fingerprint density at radius 2 is 1.82 bits per heavy atom. The molecule has 39 heavy (non-hydrogen) atoms. The summed E-state index contributed by atoms with van der Waals surface area (Å²) in [7, 11) is 0. The van der Waals surface area contributed by atoms with Gasteiger partial charge in [-0.05, 0) is 62.3 Å². The number of hydrogen-bond donors (Lipinski definition) is 1. The van der Waals surface area contributed by atoms with Gasteiger partial charge in [0.1, 0.15) is 24.9 Å². The first-order chi connectivity index (χ1) is 19.0. The van der Waals surface area contributed by atoms with E-state index in [9.17, 15) is 14.4 Å². The highest BCUT2D eigenvalue weighted by Gasteiger charge is 2.54. The monoisotopic (exact) mass is 538 g/mol. The van der Waals surface area contributed by atoms with Crippen LogP contribution in [-0.2, 0) is 19.1 Å². The average Bonchev–Trinajstić information content (AvgIpc) is 3.64. The first kappa shape index (κ1) is 26.7. The topological polar surface area (TPSA) is 105 Å². The number of nitrogens with zero attached hydrogens (tertiary/aromatic N) is 3. The molecule has 3 heterocycles. The van der Waals surface area contributed by atoms with Crippen LogP contribution in [0.25, 0.3) is 0 Å². The SMILES string of the molecule is CCO[C@H]1CN(C(=O)[C@H](c2cc(N3CCN(C4CC4)CC3)ccc2C(N)=O)C2CCCCC2)[C@@H]2C(=O)CO[C@H]12. The lowest BCUT2D eigenvalue weighted by Gasteiger charge is -2.38. The number of primary amides is 1. The lowest BCUT2D eigenvalue weighted by molar-refractivity contribution is -0.139. The van der Waals surface area contributed by atoms with E-state index < -0.39 is 24.0 Å². The summed E-state index contributed by atoms with van der Waals surface area (Å²) in [4.78, 5) is 46.8. The Balaban J connectivity index is 1.34. The number of anilines is 1. The third kappa shape index (κ3) is 5.21. The summed E-state index contributed by atoms with van der Waals surface area (Å²) >= 11 is 0. The Hall–Kier alpha value is -2.49. The summed E-state index contributed by atoms with van der Waals surface area (Å²) in [5.41, 5.74) is 8.07. The molecule has 4 atom stereocenters. The molecular weight excluding hydrogens is 496 g/mol. The molecule has 2 saturated carbocycles. The van der Waals surface area contributed by atoms with Crippen molar-refractivity contribution in [3.63, 3.8) is 0 Å². The van der Waals surface area contributed by atoms with E-state index in [2.05, 4.69) is 9.80 Å². The number of hydrogen-bond acceptors (Lipinski definition) is 7. The van der Waals surface area contributed by atoms with Crippen molar-refractivity contribution in [1.82, 2.24) is 9.80 Å². The average molecular weight is 539 g/mol. The van der Waals surface area contributed by atoms with Gasteiger partial charge in [0.05, 0.1) is 12.5 Å². The fourth-order valence-electron chi connectivity index (χ4n) is 7.45. The molecule has 212 valence electrons. The third-order valence-electron chi connectivity index (χ3n) is 9.57. The van der Waals surface area contributed by atoms with E-state index >= 15 is 0 Å². The molecule has 1 aromatic carbocycles. The van der Waals surface area contributed by atoms with Gasteiger partial charge in [-0.2, -0.15) is 0 Å². The van der Waals surface area contributed by atoms with Gasteiger partial charge in [-0.25, -0.2) is 0 Å². The number of amides is 2. The van der Waals surface area contributed by atoms with Gasteiger partial charge in [0, 0.05) is 50.1 Å². The second-order valence-electron chi connectivity index (χ2n) is 11.9. The Bertz CT molecular complexity index is 1090. The van der Waals surface area contributed by atoms with Crippen molar-refractivity contribution in [3.8, 4) is 0 Å². The number of fused-ring (bicyclic) bond motifs is 1. The molecule has 5 aliphatic rings. The smallest absolute Gasteiger partial charge is 0.249 e. The van der Waals surface area contributed by atoms with Gasteiger partial charge in [0.25, 0.3) is 0 Å². The lowest BCUT2D eigenvalue weighted by Crippen LogP contribution is -2.47. The minimum atomic E-state index is -0.629. The summed E-state index contributed by atoms with van der Waals surface area (Å²) in [5, 5.41) is 0. The molecule has 9 nitrogen and oxygen atoms in total. The summed E-state index contributed by atoms with van der Waals surface area (Å²) in [6.45, 7) is 6.63. The van der Waals surface area contributed by atoms with E-state index in [1.165, 1.54) is 12.8 Å². The fourth-order valence-corrected chi connectivity index (χ4v) is 7.45. The van der Waals surface area contributed by atoms with Crippen LogP contribution in [0.3, 0.4) is 0 Å². The van der Waals surface area contributed by atoms with Crippen LogP contribution >= 0.6 is 0 Å². The first-order valence-electron chi connectivity index (χ1n) is 15.0. The van der Waals surface area contributed by atoms with E-state index in [4.69, 9.17) is 15.2 Å². The van der Waals surface area contributed by atoms with Crippen LogP contribution in [0.1, 0.15) is 73.7 Å². The highest BCUT2D eigenvalue weighted by Crippen LogP contribution is 2.42. The number of ketones is 1. The van der Waals surface area contributed by atoms with Crippen molar-refractivity contribution in [3.05, 3.63) is 29.3 Å². The molecule has 0 radical (unpaired) electrons. The number of Topliss-reactive ketones (excluding diaryl/α,β-unsaturated/α-hetero) is 1. The van der Waals surface area contributed by atoms with Crippen LogP contribution < -0.4 is 10.6 Å². The van der Waals surface area contributed by atoms with Crippen molar-refractivity contribution in [2.24, 2.45) is 11.7 Å². The number of carbonyl (C=O) groups excluding carboxylic acids is 3. The van der Waals surface area contributed by atoms with Gasteiger partial charge >= 0.3 is 0 Å². The van der Waals surface area contributed by atoms with E-state index in [0.717, 1.165) is 70.0 Å². The molecule has 0 unspecified atom stereocenters. The van der Waals surface area contributed by atoms with E-state index in [0.29, 0.717) is 24.3 Å². The van der Waals surface area contributed by atoms with Gasteiger partial charge < -0.3 is 25.0 Å². The molecular formula is C30H42N4O5. The molecule has 2 N–H and O–H groups in total. The molecule has 1 aromatic rings. The summed E-state index contributed by atoms with van der Waals surface area (Å²) in [6, 6.07) is 5.95. The quantitative estimate of drug-likeness (QED) is 0.542. The Morgan fingerprint density at radius 1 is 1.08 bits per heavy atom. The molecule has 0 bridgehead atoms. The van der Waals surface area contributed by atoms with Crippen molar-refractivity contribution in [2.45, 2.75) is 82.1 Å². The predicted octanol–water partition coefficient (Wildman–Crippen LogP) is 2.32. The van der Waals surface area contributed by atoms with Gasteiger partial charge in [0.15, 0.2) is 5.78 Å². The Kier molecular flexibility index (Phi) is 7.66. The lowest BCUT2D eigenvalue weighted by atomic mass is 9.74. The van der Waals surface area contributed by atoms with Crippen LogP contribution in [-0.4, -0.2) is 97.6 Å². The maximum Gasteiger partial charge on any atom is 0.249 e. The number of rotatable bonds is 8. The van der Waals surface area contributed by atoms with Crippen LogP contribution in [0.5, 0.6) is 0 Å². The molecule has 3 aliphatic heterocycles. The Morgan fingerprint density at radius 3 is 2.49 bits per heavy atom. The number of benzene rings is 1. The predicted molar refractivity (Wildman–Crippen MR) is 147 cm³/mol. The maximum atomic E-state index is 14.6. The van der Waals surface area contributed by atoms with Gasteiger partial charge in [-0.15, -0.1) is 0 Å². The van der Waals surface area contributed by atoms with Gasteiger partial charge in [0.2, 0.25) is 11.8 Å². The molecule has 0 aromatic heterocycles. The van der Waals surface area contributed by atoms with Crippen LogP contribution in [0.2, 0.25) is 0 Å². The molecule has 6 rings (SSSR count). The molecule has 3 saturated heterocycles. The molecule has 0 spiro atoms. The van der Waals surface area contributed by atoms with E-state index in [1.807, 2.05) is 25.1 Å². The van der Waals surface area contributed by atoms with Gasteiger partial charge in [-0.1, -0.05) is 19.3 Å². The summed E-state index contributed by atoms with van der Waals surface area (Å²) < 4.78 is 11.7. The highest BCUT2D eigenvalue weighted by atomic mass is 16.6. The molecule has 2 aliphatic carbocycles. The third-order valence-corrected chi connectivity index (χ3v) is 9.57. The minimum Gasteiger partial charge on any atom is -0.374 e. The first-order valence-corrected chi connectivity index (χ1v) is 15.0. The number of nitrogens with two attached hydrogens (primary N) is 1. The Labute approximate surface area is 230 Å². The number of ether oxygens (including phenoxy) is 2. The largest absolute Gasteiger partial charge is 0.374 e. The van der Waals surface area contributed by atoms with Crippen molar-refractivity contribution in [1.29, 1.82) is 0 Å². The zero-order valence-electron chi connectivity index (χ0n) is 23.1. The zero-order chi connectivity index (χ0) is 27.1. The van der Waals surface area contributed by atoms with Crippen LogP contribution in [0.15, 0.2) is 18.2 Å². The second-order valence-corrected chi connectivity index (χ2v) is 11.9. The zero-order valence-corrected chi connectivity index (χ0v) is 23.1. The van der Waals surface area contributed by atoms with E-state index in [1.54, 1.807) is 4.90 Å². The minimum absolute atomic E-state index is 0.00559. The van der Waals surface area contributed by atoms with Crippen molar-refractivity contribution >= 4 is 23.3 Å². The van der Waals surface area contributed by atoms with Gasteiger partial charge in [-0.3, -0.25) is 19.3 Å². The van der Waals surface area contributed by atoms with E-state index in [-0.39, 0.29) is 30.3 Å². The molecule has 9 heteroatoms. The number of piperazine rings is 1.